The third kappa shape index (κ3) is 4.13. The smallest absolute Gasteiger partial charge is 0.141 e. The van der Waals surface area contributed by atoms with E-state index >= 15 is 0 Å². The number of nitrogens with two attached hydrogens (primary N) is 1. The maximum atomic E-state index is 6.32. The summed E-state index contributed by atoms with van der Waals surface area (Å²) in [6.07, 6.45) is 7.23. The Hall–Kier alpha value is -0.730. The Morgan fingerprint density at radius 1 is 1.30 bits per heavy atom. The average molecular weight is 296 g/mol. The van der Waals surface area contributed by atoms with E-state index in [0.29, 0.717) is 11.1 Å². The first-order chi connectivity index (χ1) is 9.60. The van der Waals surface area contributed by atoms with Gasteiger partial charge >= 0.3 is 0 Å². The molecule has 1 unspecified atom stereocenters. The number of hydrogen-bond donors (Lipinski definition) is 1. The molecule has 2 rings (SSSR count). The summed E-state index contributed by atoms with van der Waals surface area (Å²) in [5.74, 6) is 1.73. The van der Waals surface area contributed by atoms with Crippen molar-refractivity contribution in [3.8, 4) is 5.75 Å². The molecule has 0 aliphatic heterocycles. The summed E-state index contributed by atoms with van der Waals surface area (Å²) >= 11 is 6.32. The lowest BCUT2D eigenvalue weighted by Crippen LogP contribution is -2.25. The Bertz CT molecular complexity index is 425. The lowest BCUT2D eigenvalue weighted by Gasteiger charge is -2.29. The van der Waals surface area contributed by atoms with Gasteiger partial charge in [0.1, 0.15) is 5.75 Å². The summed E-state index contributed by atoms with van der Waals surface area (Å²) in [5, 5.41) is 0.709. The molecule has 0 aromatic heterocycles. The second-order valence-electron chi connectivity index (χ2n) is 6.08. The van der Waals surface area contributed by atoms with Gasteiger partial charge < -0.3 is 10.5 Å². The van der Waals surface area contributed by atoms with Crippen LogP contribution < -0.4 is 10.5 Å². The van der Waals surface area contributed by atoms with Crippen LogP contribution in [-0.2, 0) is 6.42 Å². The third-order valence-electron chi connectivity index (χ3n) is 4.25. The molecule has 1 aromatic rings. The second-order valence-corrected chi connectivity index (χ2v) is 6.49. The Balaban J connectivity index is 2.05. The summed E-state index contributed by atoms with van der Waals surface area (Å²) in [6, 6.07) is 6.06. The molecule has 3 heteroatoms. The van der Waals surface area contributed by atoms with E-state index in [1.165, 1.54) is 19.3 Å². The zero-order valence-corrected chi connectivity index (χ0v) is 13.3. The summed E-state index contributed by atoms with van der Waals surface area (Å²) in [4.78, 5) is 0. The molecular weight excluding hydrogens is 270 g/mol. The van der Waals surface area contributed by atoms with Crippen molar-refractivity contribution in [2.24, 2.45) is 11.7 Å². The predicted octanol–water partition coefficient (Wildman–Crippen LogP) is 4.58. The molecule has 20 heavy (non-hydrogen) atoms. The van der Waals surface area contributed by atoms with E-state index in [9.17, 15) is 0 Å². The lowest BCUT2D eigenvalue weighted by molar-refractivity contribution is 0.129. The summed E-state index contributed by atoms with van der Waals surface area (Å²) in [7, 11) is 0. The molecule has 1 aromatic carbocycles. The molecule has 0 spiro atoms. The van der Waals surface area contributed by atoms with Crippen LogP contribution in [0, 0.1) is 5.92 Å². The molecule has 1 aliphatic carbocycles. The zero-order chi connectivity index (χ0) is 14.5. The topological polar surface area (TPSA) is 35.2 Å². The number of rotatable bonds is 5. The molecule has 1 aliphatic rings. The van der Waals surface area contributed by atoms with Gasteiger partial charge in [-0.05, 0) is 56.6 Å². The largest absolute Gasteiger partial charge is 0.489 e. The minimum atomic E-state index is 0.117. The summed E-state index contributed by atoms with van der Waals surface area (Å²) in [5.41, 5.74) is 7.04. The Labute approximate surface area is 127 Å². The molecule has 1 atom stereocenters. The van der Waals surface area contributed by atoms with Gasteiger partial charge in [0.15, 0.2) is 0 Å². The SMILES string of the molecule is CCC1CCC(Oc2c(Cl)cccc2CC(C)N)CC1. The first-order valence-corrected chi connectivity index (χ1v) is 8.17. The van der Waals surface area contributed by atoms with Gasteiger partial charge in [0.2, 0.25) is 0 Å². The van der Waals surface area contributed by atoms with Crippen molar-refractivity contribution in [3.63, 3.8) is 0 Å². The third-order valence-corrected chi connectivity index (χ3v) is 4.54. The van der Waals surface area contributed by atoms with E-state index in [1.54, 1.807) is 0 Å². The molecule has 1 saturated carbocycles. The fourth-order valence-corrected chi connectivity index (χ4v) is 3.26. The van der Waals surface area contributed by atoms with E-state index in [0.717, 1.165) is 36.5 Å². The van der Waals surface area contributed by atoms with Crippen molar-refractivity contribution in [3.05, 3.63) is 28.8 Å². The maximum Gasteiger partial charge on any atom is 0.141 e. The Morgan fingerprint density at radius 2 is 2.00 bits per heavy atom. The number of ether oxygens (including phenoxy) is 1. The van der Waals surface area contributed by atoms with E-state index in [4.69, 9.17) is 22.1 Å². The van der Waals surface area contributed by atoms with Crippen LogP contribution in [0.3, 0.4) is 0 Å². The highest BCUT2D eigenvalue weighted by atomic mass is 35.5. The van der Waals surface area contributed by atoms with Crippen molar-refractivity contribution >= 4 is 11.6 Å². The van der Waals surface area contributed by atoms with Crippen LogP contribution in [0.15, 0.2) is 18.2 Å². The lowest BCUT2D eigenvalue weighted by atomic mass is 9.86. The van der Waals surface area contributed by atoms with Crippen molar-refractivity contribution < 1.29 is 4.74 Å². The molecule has 112 valence electrons. The van der Waals surface area contributed by atoms with Gasteiger partial charge in [0.05, 0.1) is 11.1 Å². The van der Waals surface area contributed by atoms with Crippen LogP contribution in [0.25, 0.3) is 0 Å². The van der Waals surface area contributed by atoms with Gasteiger partial charge in [0, 0.05) is 6.04 Å². The summed E-state index contributed by atoms with van der Waals surface area (Å²) < 4.78 is 6.22. The highest BCUT2D eigenvalue weighted by molar-refractivity contribution is 6.32. The van der Waals surface area contributed by atoms with Gasteiger partial charge in [-0.3, -0.25) is 0 Å². The molecule has 0 radical (unpaired) electrons. The zero-order valence-electron chi connectivity index (χ0n) is 12.6. The second kappa shape index (κ2) is 7.33. The Morgan fingerprint density at radius 3 is 2.60 bits per heavy atom. The highest BCUT2D eigenvalue weighted by Crippen LogP contribution is 2.34. The molecule has 0 bridgehead atoms. The van der Waals surface area contributed by atoms with Crippen LogP contribution >= 0.6 is 11.6 Å². The highest BCUT2D eigenvalue weighted by Gasteiger charge is 2.23. The van der Waals surface area contributed by atoms with Gasteiger partial charge in [-0.1, -0.05) is 37.1 Å². The monoisotopic (exact) mass is 295 g/mol. The maximum absolute atomic E-state index is 6.32. The number of para-hydroxylation sites is 1. The van der Waals surface area contributed by atoms with Crippen LogP contribution in [0.2, 0.25) is 5.02 Å². The van der Waals surface area contributed by atoms with Crippen molar-refractivity contribution in [2.45, 2.75) is 64.5 Å². The standard InChI is InChI=1S/C17H26ClNO/c1-3-13-7-9-15(10-8-13)20-17-14(11-12(2)19)5-4-6-16(17)18/h4-6,12-13,15H,3,7-11,19H2,1-2H3. The van der Waals surface area contributed by atoms with Crippen LogP contribution in [0.5, 0.6) is 5.75 Å². The summed E-state index contributed by atoms with van der Waals surface area (Å²) in [6.45, 7) is 4.29. The number of benzene rings is 1. The van der Waals surface area contributed by atoms with E-state index in [1.807, 2.05) is 19.1 Å². The molecule has 2 N–H and O–H groups in total. The van der Waals surface area contributed by atoms with Crippen LogP contribution in [0.4, 0.5) is 0 Å². The molecule has 0 saturated heterocycles. The minimum absolute atomic E-state index is 0.117. The van der Waals surface area contributed by atoms with Crippen molar-refractivity contribution in [1.29, 1.82) is 0 Å². The van der Waals surface area contributed by atoms with Gasteiger partial charge in [-0.15, -0.1) is 0 Å². The van der Waals surface area contributed by atoms with Crippen molar-refractivity contribution in [2.75, 3.05) is 0 Å². The first-order valence-electron chi connectivity index (χ1n) is 7.79. The van der Waals surface area contributed by atoms with E-state index in [2.05, 4.69) is 13.0 Å². The molecule has 1 fully saturated rings. The average Bonchev–Trinajstić information content (AvgIpc) is 2.43. The van der Waals surface area contributed by atoms with Gasteiger partial charge in [-0.25, -0.2) is 0 Å². The fourth-order valence-electron chi connectivity index (χ4n) is 3.02. The van der Waals surface area contributed by atoms with Crippen molar-refractivity contribution in [1.82, 2.24) is 0 Å². The number of halogens is 1. The Kier molecular flexibility index (Phi) is 5.74. The van der Waals surface area contributed by atoms with Crippen LogP contribution in [0.1, 0.15) is 51.5 Å². The van der Waals surface area contributed by atoms with Crippen LogP contribution in [-0.4, -0.2) is 12.1 Å². The molecule has 0 heterocycles. The van der Waals surface area contributed by atoms with Gasteiger partial charge in [-0.2, -0.15) is 0 Å². The van der Waals surface area contributed by atoms with E-state index < -0.39 is 0 Å². The van der Waals surface area contributed by atoms with Gasteiger partial charge in [0.25, 0.3) is 0 Å². The number of hydrogen-bond acceptors (Lipinski definition) is 2. The molecular formula is C17H26ClNO. The molecule has 2 nitrogen and oxygen atoms in total. The predicted molar refractivity (Wildman–Crippen MR) is 85.5 cm³/mol. The molecule has 0 amide bonds. The normalized spacial score (nSPS) is 24.4. The quantitative estimate of drug-likeness (QED) is 0.863. The van der Waals surface area contributed by atoms with E-state index in [-0.39, 0.29) is 6.04 Å². The minimum Gasteiger partial charge on any atom is -0.489 e. The fraction of sp³-hybridized carbons (Fsp3) is 0.647. The first kappa shape index (κ1) is 15.7.